The fourth-order valence-corrected chi connectivity index (χ4v) is 3.45. The van der Waals surface area contributed by atoms with Gasteiger partial charge in [-0.3, -0.25) is 9.78 Å². The van der Waals surface area contributed by atoms with Crippen LogP contribution in [0, 0.1) is 0 Å². The second-order valence-electron chi connectivity index (χ2n) is 7.04. The molecule has 4 aromatic rings. The highest BCUT2D eigenvalue weighted by Gasteiger charge is 2.18. The van der Waals surface area contributed by atoms with Crippen LogP contribution in [0.1, 0.15) is 16.3 Å². The molecular formula is C24H24N4O3. The summed E-state index contributed by atoms with van der Waals surface area (Å²) in [6.45, 7) is 1.38. The van der Waals surface area contributed by atoms with E-state index in [1.165, 1.54) is 0 Å². The van der Waals surface area contributed by atoms with E-state index in [-0.39, 0.29) is 5.91 Å². The summed E-state index contributed by atoms with van der Waals surface area (Å²) in [5.41, 5.74) is 2.29. The molecule has 0 unspecified atom stereocenters. The van der Waals surface area contributed by atoms with Crippen molar-refractivity contribution in [3.05, 3.63) is 84.4 Å². The van der Waals surface area contributed by atoms with Crippen molar-refractivity contribution in [1.82, 2.24) is 19.4 Å². The van der Waals surface area contributed by atoms with Crippen LogP contribution in [0.25, 0.3) is 11.0 Å². The van der Waals surface area contributed by atoms with E-state index in [0.717, 1.165) is 16.9 Å². The summed E-state index contributed by atoms with van der Waals surface area (Å²) >= 11 is 0. The molecule has 31 heavy (non-hydrogen) atoms. The lowest BCUT2D eigenvalue weighted by molar-refractivity contribution is 0.0774. The predicted octanol–water partition coefficient (Wildman–Crippen LogP) is 3.79. The van der Waals surface area contributed by atoms with Gasteiger partial charge in [-0.1, -0.05) is 30.3 Å². The zero-order valence-electron chi connectivity index (χ0n) is 17.6. The zero-order chi connectivity index (χ0) is 21.6. The van der Waals surface area contributed by atoms with Crippen LogP contribution >= 0.6 is 0 Å². The number of hydrogen-bond acceptors (Lipinski definition) is 5. The standard InChI is InChI=1S/C24H24N4O3/c1-27(24(29)19-10-7-8-14-25-19)17-23-26-18-9-3-4-11-20(18)28(23)15-16-31-22-13-6-5-12-21(22)30-2/h3-14H,15-17H2,1-2H3. The number of carbonyl (C=O) groups excluding carboxylic acids is 1. The minimum absolute atomic E-state index is 0.149. The fourth-order valence-electron chi connectivity index (χ4n) is 3.45. The molecule has 2 aromatic carbocycles. The molecular weight excluding hydrogens is 392 g/mol. The summed E-state index contributed by atoms with van der Waals surface area (Å²) in [7, 11) is 3.38. The van der Waals surface area contributed by atoms with Crippen molar-refractivity contribution in [2.45, 2.75) is 13.1 Å². The van der Waals surface area contributed by atoms with Crippen LogP contribution in [0.15, 0.2) is 72.9 Å². The topological polar surface area (TPSA) is 69.5 Å². The fraction of sp³-hybridized carbons (Fsp3) is 0.208. The lowest BCUT2D eigenvalue weighted by Crippen LogP contribution is -2.28. The van der Waals surface area contributed by atoms with Gasteiger partial charge in [0.25, 0.3) is 5.91 Å². The highest BCUT2D eigenvalue weighted by Crippen LogP contribution is 2.26. The van der Waals surface area contributed by atoms with E-state index in [9.17, 15) is 4.79 Å². The number of fused-ring (bicyclic) bond motifs is 1. The maximum Gasteiger partial charge on any atom is 0.272 e. The average Bonchev–Trinajstić information content (AvgIpc) is 3.16. The normalized spacial score (nSPS) is 10.8. The Balaban J connectivity index is 1.54. The lowest BCUT2D eigenvalue weighted by atomic mass is 10.3. The van der Waals surface area contributed by atoms with Gasteiger partial charge in [-0.15, -0.1) is 0 Å². The van der Waals surface area contributed by atoms with Gasteiger partial charge in [-0.05, 0) is 36.4 Å². The van der Waals surface area contributed by atoms with Crippen LogP contribution in [0.3, 0.4) is 0 Å². The molecule has 0 saturated heterocycles. The maximum absolute atomic E-state index is 12.7. The van der Waals surface area contributed by atoms with Gasteiger partial charge in [0.05, 0.1) is 31.2 Å². The molecule has 0 atom stereocenters. The van der Waals surface area contributed by atoms with Crippen molar-refractivity contribution >= 4 is 16.9 Å². The van der Waals surface area contributed by atoms with E-state index in [4.69, 9.17) is 14.5 Å². The van der Waals surface area contributed by atoms with Gasteiger partial charge in [0.2, 0.25) is 0 Å². The van der Waals surface area contributed by atoms with E-state index >= 15 is 0 Å². The number of benzene rings is 2. The highest BCUT2D eigenvalue weighted by atomic mass is 16.5. The molecule has 7 heteroatoms. The second-order valence-corrected chi connectivity index (χ2v) is 7.04. The number of hydrogen-bond donors (Lipinski definition) is 0. The van der Waals surface area contributed by atoms with Crippen LogP contribution in [-0.4, -0.2) is 46.1 Å². The Bertz CT molecular complexity index is 1170. The van der Waals surface area contributed by atoms with Crippen molar-refractivity contribution in [2.24, 2.45) is 0 Å². The molecule has 0 fully saturated rings. The van der Waals surface area contributed by atoms with Gasteiger partial charge in [0.15, 0.2) is 11.5 Å². The molecule has 7 nitrogen and oxygen atoms in total. The van der Waals surface area contributed by atoms with E-state index < -0.39 is 0 Å². The Hall–Kier alpha value is -3.87. The van der Waals surface area contributed by atoms with Gasteiger partial charge in [0.1, 0.15) is 18.1 Å². The van der Waals surface area contributed by atoms with Crippen LogP contribution in [0.4, 0.5) is 0 Å². The Kier molecular flexibility index (Phi) is 6.12. The Morgan fingerprint density at radius 1 is 1.00 bits per heavy atom. The molecule has 2 aromatic heterocycles. The first-order chi connectivity index (χ1) is 15.2. The molecule has 158 valence electrons. The molecule has 0 aliphatic rings. The van der Waals surface area contributed by atoms with E-state index in [1.54, 1.807) is 43.5 Å². The Morgan fingerprint density at radius 2 is 1.74 bits per heavy atom. The minimum atomic E-state index is -0.149. The lowest BCUT2D eigenvalue weighted by Gasteiger charge is -2.18. The van der Waals surface area contributed by atoms with Crippen molar-refractivity contribution in [3.63, 3.8) is 0 Å². The van der Waals surface area contributed by atoms with Gasteiger partial charge in [0, 0.05) is 13.2 Å². The number of aromatic nitrogens is 3. The third-order valence-corrected chi connectivity index (χ3v) is 4.98. The highest BCUT2D eigenvalue weighted by molar-refractivity contribution is 5.92. The summed E-state index contributed by atoms with van der Waals surface area (Å²) in [4.78, 5) is 23.3. The number of nitrogens with zero attached hydrogens (tertiary/aromatic N) is 4. The summed E-state index contributed by atoms with van der Waals surface area (Å²) in [5.74, 6) is 2.03. The largest absolute Gasteiger partial charge is 0.493 e. The number of rotatable bonds is 8. The van der Waals surface area contributed by atoms with Gasteiger partial charge in [-0.25, -0.2) is 4.98 Å². The molecule has 1 amide bonds. The minimum Gasteiger partial charge on any atom is -0.493 e. The number of methoxy groups -OCH3 is 1. The molecule has 0 bridgehead atoms. The number of para-hydroxylation sites is 4. The first-order valence-corrected chi connectivity index (χ1v) is 10.0. The number of imidazole rings is 1. The number of amides is 1. The third kappa shape index (κ3) is 4.50. The SMILES string of the molecule is COc1ccccc1OCCn1c(CN(C)C(=O)c2ccccn2)nc2ccccc21. The molecule has 0 radical (unpaired) electrons. The first kappa shape index (κ1) is 20.4. The number of carbonyl (C=O) groups is 1. The van der Waals surface area contributed by atoms with Gasteiger partial charge in [-0.2, -0.15) is 0 Å². The maximum atomic E-state index is 12.7. The number of ether oxygens (including phenoxy) is 2. The molecule has 0 aliphatic carbocycles. The Labute approximate surface area is 180 Å². The van der Waals surface area contributed by atoms with E-state index in [0.29, 0.717) is 36.9 Å². The van der Waals surface area contributed by atoms with Crippen LogP contribution < -0.4 is 9.47 Å². The zero-order valence-corrected chi connectivity index (χ0v) is 17.6. The van der Waals surface area contributed by atoms with Crippen molar-refractivity contribution < 1.29 is 14.3 Å². The molecule has 0 N–H and O–H groups in total. The average molecular weight is 416 g/mol. The van der Waals surface area contributed by atoms with E-state index in [1.807, 2.05) is 48.5 Å². The number of pyridine rings is 1. The predicted molar refractivity (Wildman–Crippen MR) is 118 cm³/mol. The quantitative estimate of drug-likeness (QED) is 0.437. The van der Waals surface area contributed by atoms with Crippen molar-refractivity contribution in [2.75, 3.05) is 20.8 Å². The smallest absolute Gasteiger partial charge is 0.272 e. The third-order valence-electron chi connectivity index (χ3n) is 4.98. The van der Waals surface area contributed by atoms with Crippen LogP contribution in [-0.2, 0) is 13.1 Å². The van der Waals surface area contributed by atoms with Gasteiger partial charge < -0.3 is 18.9 Å². The first-order valence-electron chi connectivity index (χ1n) is 10.0. The molecule has 2 heterocycles. The van der Waals surface area contributed by atoms with Crippen molar-refractivity contribution in [3.8, 4) is 11.5 Å². The summed E-state index contributed by atoms with van der Waals surface area (Å²) < 4.78 is 13.4. The second kappa shape index (κ2) is 9.30. The monoisotopic (exact) mass is 416 g/mol. The van der Waals surface area contributed by atoms with E-state index in [2.05, 4.69) is 9.55 Å². The molecule has 0 saturated carbocycles. The van der Waals surface area contributed by atoms with Crippen molar-refractivity contribution in [1.29, 1.82) is 0 Å². The summed E-state index contributed by atoms with van der Waals surface area (Å²) in [6.07, 6.45) is 1.62. The Morgan fingerprint density at radius 3 is 2.52 bits per heavy atom. The molecule has 4 rings (SSSR count). The molecule has 0 spiro atoms. The van der Waals surface area contributed by atoms with Gasteiger partial charge >= 0.3 is 0 Å². The van der Waals surface area contributed by atoms with Crippen LogP contribution in [0.2, 0.25) is 0 Å². The summed E-state index contributed by atoms with van der Waals surface area (Å²) in [6, 6.07) is 20.8. The summed E-state index contributed by atoms with van der Waals surface area (Å²) in [5, 5.41) is 0. The van der Waals surface area contributed by atoms with Crippen LogP contribution in [0.5, 0.6) is 11.5 Å². The molecule has 0 aliphatic heterocycles.